The summed E-state index contributed by atoms with van der Waals surface area (Å²) in [7, 11) is -3.91. The van der Waals surface area contributed by atoms with Crippen molar-refractivity contribution in [2.75, 3.05) is 0 Å². The zero-order valence-corrected chi connectivity index (χ0v) is 12.0. The Balaban J connectivity index is 2.16. The summed E-state index contributed by atoms with van der Waals surface area (Å²) in [4.78, 5) is 19.3. The number of amides is 1. The lowest BCUT2D eigenvalue weighted by Crippen LogP contribution is -2.29. The van der Waals surface area contributed by atoms with Crippen LogP contribution in [0.1, 0.15) is 12.5 Å². The number of carbonyl (C=O) groups is 1. The maximum Gasteiger partial charge on any atom is 0.265 e. The lowest BCUT2D eigenvalue weighted by molar-refractivity contribution is -0.114. The van der Waals surface area contributed by atoms with Crippen LogP contribution in [0.3, 0.4) is 0 Å². The highest BCUT2D eigenvalue weighted by atomic mass is 32.2. The number of nitrogens with one attached hydrogen (secondary N) is 1. The first-order valence-electron chi connectivity index (χ1n) is 6.04. The van der Waals surface area contributed by atoms with E-state index in [0.717, 1.165) is 5.56 Å². The summed E-state index contributed by atoms with van der Waals surface area (Å²) in [6.07, 6.45) is 7.04. The van der Waals surface area contributed by atoms with Gasteiger partial charge in [-0.25, -0.2) is 13.1 Å². The average molecular weight is 303 g/mol. The number of pyridine rings is 2. The normalized spacial score (nSPS) is 12.0. The number of hydrogen-bond donors (Lipinski definition) is 1. The Morgan fingerprint density at radius 3 is 2.48 bits per heavy atom. The molecule has 0 fully saturated rings. The highest BCUT2D eigenvalue weighted by molar-refractivity contribution is 7.90. The topological polar surface area (TPSA) is 89.0 Å². The minimum absolute atomic E-state index is 0.0617. The van der Waals surface area contributed by atoms with Gasteiger partial charge >= 0.3 is 0 Å². The number of carbonyl (C=O) groups excluding carboxylic acids is 1. The van der Waals surface area contributed by atoms with E-state index in [0.29, 0.717) is 5.57 Å². The summed E-state index contributed by atoms with van der Waals surface area (Å²) >= 11 is 0. The van der Waals surface area contributed by atoms with Crippen LogP contribution in [0.5, 0.6) is 0 Å². The summed E-state index contributed by atoms with van der Waals surface area (Å²) in [6, 6.07) is 6.31. The molecule has 0 aromatic carbocycles. The Bertz CT molecular complexity index is 757. The van der Waals surface area contributed by atoms with E-state index in [1.807, 2.05) is 4.72 Å². The number of sulfonamides is 1. The van der Waals surface area contributed by atoms with Crippen molar-refractivity contribution in [1.29, 1.82) is 0 Å². The zero-order valence-electron chi connectivity index (χ0n) is 11.2. The summed E-state index contributed by atoms with van der Waals surface area (Å²) < 4.78 is 25.9. The van der Waals surface area contributed by atoms with Crippen molar-refractivity contribution in [2.24, 2.45) is 0 Å². The van der Waals surface area contributed by atoms with Crippen molar-refractivity contribution in [3.63, 3.8) is 0 Å². The van der Waals surface area contributed by atoms with Crippen LogP contribution in [0.2, 0.25) is 0 Å². The molecule has 1 N–H and O–H groups in total. The van der Waals surface area contributed by atoms with E-state index in [-0.39, 0.29) is 4.90 Å². The first kappa shape index (κ1) is 14.9. The van der Waals surface area contributed by atoms with E-state index in [4.69, 9.17) is 0 Å². The van der Waals surface area contributed by atoms with Crippen LogP contribution in [0.4, 0.5) is 0 Å². The lowest BCUT2D eigenvalue weighted by Gasteiger charge is -2.05. The van der Waals surface area contributed by atoms with Crippen LogP contribution in [-0.2, 0) is 14.8 Å². The molecule has 2 heterocycles. The average Bonchev–Trinajstić information content (AvgIpc) is 2.48. The molecule has 7 heteroatoms. The van der Waals surface area contributed by atoms with Gasteiger partial charge in [-0.3, -0.25) is 14.8 Å². The van der Waals surface area contributed by atoms with E-state index < -0.39 is 15.9 Å². The molecule has 0 radical (unpaired) electrons. The van der Waals surface area contributed by atoms with Crippen molar-refractivity contribution in [3.8, 4) is 0 Å². The van der Waals surface area contributed by atoms with Crippen molar-refractivity contribution < 1.29 is 13.2 Å². The molecule has 21 heavy (non-hydrogen) atoms. The second kappa shape index (κ2) is 6.27. The van der Waals surface area contributed by atoms with Crippen LogP contribution in [0.25, 0.3) is 5.57 Å². The van der Waals surface area contributed by atoms with E-state index in [9.17, 15) is 13.2 Å². The molecule has 0 aliphatic carbocycles. The van der Waals surface area contributed by atoms with Gasteiger partial charge in [0.15, 0.2) is 0 Å². The van der Waals surface area contributed by atoms with E-state index in [1.165, 1.54) is 30.6 Å². The molecule has 2 rings (SSSR count). The van der Waals surface area contributed by atoms with Gasteiger partial charge in [0.25, 0.3) is 15.9 Å². The van der Waals surface area contributed by atoms with Gasteiger partial charge in [-0.1, -0.05) is 0 Å². The van der Waals surface area contributed by atoms with Crippen LogP contribution < -0.4 is 4.72 Å². The van der Waals surface area contributed by atoms with Gasteiger partial charge in [0.05, 0.1) is 0 Å². The highest BCUT2D eigenvalue weighted by Crippen LogP contribution is 2.12. The summed E-state index contributed by atoms with van der Waals surface area (Å²) in [6.45, 7) is 1.71. The Labute approximate surface area is 122 Å². The van der Waals surface area contributed by atoms with Crippen LogP contribution >= 0.6 is 0 Å². The van der Waals surface area contributed by atoms with Crippen LogP contribution in [0, 0.1) is 0 Å². The second-order valence-corrected chi connectivity index (χ2v) is 5.90. The largest absolute Gasteiger partial charge is 0.269 e. The molecule has 0 bridgehead atoms. The summed E-state index contributed by atoms with van der Waals surface area (Å²) in [5, 5.41) is 0. The Hall–Kier alpha value is -2.54. The fourth-order valence-electron chi connectivity index (χ4n) is 1.62. The molecule has 6 nitrogen and oxygen atoms in total. The van der Waals surface area contributed by atoms with Crippen molar-refractivity contribution >= 4 is 21.5 Å². The monoisotopic (exact) mass is 303 g/mol. The third kappa shape index (κ3) is 3.96. The third-order valence-corrected chi connectivity index (χ3v) is 3.99. The number of aromatic nitrogens is 2. The molecule has 0 saturated heterocycles. The molecule has 2 aromatic rings. The minimum Gasteiger partial charge on any atom is -0.269 e. The Morgan fingerprint density at radius 2 is 1.86 bits per heavy atom. The number of hydrogen-bond acceptors (Lipinski definition) is 5. The SMILES string of the molecule is C/C(=C/C(=O)NS(=O)(=O)c1cccnc1)c1ccncc1. The number of rotatable bonds is 4. The second-order valence-electron chi connectivity index (χ2n) is 4.22. The van der Waals surface area contributed by atoms with Gasteiger partial charge in [-0.05, 0) is 42.3 Å². The maximum absolute atomic E-state index is 11.9. The fourth-order valence-corrected chi connectivity index (χ4v) is 2.52. The van der Waals surface area contributed by atoms with Gasteiger partial charge in [0.1, 0.15) is 4.90 Å². The number of nitrogens with zero attached hydrogens (tertiary/aromatic N) is 2. The fraction of sp³-hybridized carbons (Fsp3) is 0.0714. The van der Waals surface area contributed by atoms with Gasteiger partial charge in [0, 0.05) is 30.9 Å². The minimum atomic E-state index is -3.91. The molecular formula is C14H13N3O3S. The van der Waals surface area contributed by atoms with Gasteiger partial charge < -0.3 is 0 Å². The molecule has 2 aromatic heterocycles. The first-order chi connectivity index (χ1) is 9.99. The standard InChI is InChI=1S/C14H13N3O3S/c1-11(12-4-7-15-8-5-12)9-14(18)17-21(19,20)13-3-2-6-16-10-13/h2-10H,1H3,(H,17,18)/b11-9-. The van der Waals surface area contributed by atoms with Gasteiger partial charge in [-0.2, -0.15) is 0 Å². The van der Waals surface area contributed by atoms with Crippen molar-refractivity contribution in [1.82, 2.24) is 14.7 Å². The van der Waals surface area contributed by atoms with Crippen molar-refractivity contribution in [3.05, 3.63) is 60.7 Å². The lowest BCUT2D eigenvalue weighted by atomic mass is 10.1. The molecule has 0 spiro atoms. The predicted octanol–water partition coefficient (Wildman–Crippen LogP) is 1.39. The molecule has 0 aliphatic heterocycles. The molecule has 108 valence electrons. The molecule has 0 atom stereocenters. The van der Waals surface area contributed by atoms with Crippen LogP contribution in [0.15, 0.2) is 60.0 Å². The van der Waals surface area contributed by atoms with Crippen molar-refractivity contribution in [2.45, 2.75) is 11.8 Å². The van der Waals surface area contributed by atoms with E-state index >= 15 is 0 Å². The maximum atomic E-state index is 11.9. The quantitative estimate of drug-likeness (QED) is 0.862. The van der Waals surface area contributed by atoms with Gasteiger partial charge in [-0.15, -0.1) is 0 Å². The molecule has 0 unspecified atom stereocenters. The number of allylic oxidation sites excluding steroid dienone is 1. The predicted molar refractivity (Wildman–Crippen MR) is 77.5 cm³/mol. The highest BCUT2D eigenvalue weighted by Gasteiger charge is 2.16. The third-order valence-electron chi connectivity index (χ3n) is 2.66. The van der Waals surface area contributed by atoms with E-state index in [1.54, 1.807) is 31.5 Å². The summed E-state index contributed by atoms with van der Waals surface area (Å²) in [5.41, 5.74) is 1.43. The molecule has 1 amide bonds. The van der Waals surface area contributed by atoms with E-state index in [2.05, 4.69) is 9.97 Å². The Morgan fingerprint density at radius 1 is 1.14 bits per heavy atom. The molecule has 0 aliphatic rings. The first-order valence-corrected chi connectivity index (χ1v) is 7.53. The zero-order chi connectivity index (χ0) is 15.3. The summed E-state index contributed by atoms with van der Waals surface area (Å²) in [5.74, 6) is -0.715. The molecular weight excluding hydrogens is 290 g/mol. The van der Waals surface area contributed by atoms with Gasteiger partial charge in [0.2, 0.25) is 0 Å². The van der Waals surface area contributed by atoms with Crippen LogP contribution in [-0.4, -0.2) is 24.3 Å². The molecule has 0 saturated carbocycles. The smallest absolute Gasteiger partial charge is 0.265 e. The Kier molecular flexibility index (Phi) is 4.44.